The minimum Gasteiger partial charge on any atom is -0.360 e. The molecule has 0 bridgehead atoms. The van der Waals surface area contributed by atoms with Gasteiger partial charge in [-0.15, -0.1) is 6.42 Å². The monoisotopic (exact) mass is 166 g/mol. The lowest BCUT2D eigenvalue weighted by molar-refractivity contribution is -0.0112. The Balaban J connectivity index is 3.91. The van der Waals surface area contributed by atoms with E-state index in [1.807, 2.05) is 5.92 Å². The third kappa shape index (κ3) is 4.39. The van der Waals surface area contributed by atoms with Crippen molar-refractivity contribution in [3.05, 3.63) is 0 Å². The van der Waals surface area contributed by atoms with E-state index < -0.39 is 13.7 Å². The molecular formula is C3H7O4PSi. The molecule has 0 aliphatic heterocycles. The normalized spacial score (nSPS) is 20.1. The molecule has 0 aromatic heterocycles. The van der Waals surface area contributed by atoms with Gasteiger partial charge in [0.2, 0.25) is 5.41 Å². The summed E-state index contributed by atoms with van der Waals surface area (Å²) in [5.41, 5.74) is -1.79. The molecule has 0 fully saturated rings. The smallest absolute Gasteiger partial charge is 0.319 e. The quantitative estimate of drug-likeness (QED) is 0.216. The molecule has 2 N–H and O–H groups in total. The van der Waals surface area contributed by atoms with Gasteiger partial charge in [-0.1, -0.05) is 0 Å². The van der Waals surface area contributed by atoms with Crippen LogP contribution in [0.25, 0.3) is 0 Å². The second-order valence-corrected chi connectivity index (χ2v) is 3.59. The summed E-state index contributed by atoms with van der Waals surface area (Å²) < 4.78 is 14.0. The molecule has 0 saturated heterocycles. The first-order valence-electron chi connectivity index (χ1n) is 2.10. The lowest BCUT2D eigenvalue weighted by Gasteiger charge is -2.13. The Morgan fingerprint density at radius 3 is 2.44 bits per heavy atom. The van der Waals surface area contributed by atoms with Crippen LogP contribution in [0.2, 0.25) is 0 Å². The van der Waals surface area contributed by atoms with Crippen molar-refractivity contribution in [2.75, 3.05) is 0 Å². The lowest BCUT2D eigenvalue weighted by atomic mass is 10.7. The molecule has 0 amide bonds. The van der Waals surface area contributed by atoms with Crippen LogP contribution in [0, 0.1) is 12.3 Å². The molecule has 0 heterocycles. The summed E-state index contributed by atoms with van der Waals surface area (Å²) in [6.45, 7) is 0. The molecule has 0 radical (unpaired) electrons. The summed E-state index contributed by atoms with van der Waals surface area (Å²) in [7, 11) is -3.00. The summed E-state index contributed by atoms with van der Waals surface area (Å²) in [6.07, 6.45) is 4.73. The van der Waals surface area contributed by atoms with Crippen molar-refractivity contribution in [3.8, 4) is 12.3 Å². The summed E-state index contributed by atoms with van der Waals surface area (Å²) >= 11 is 0. The van der Waals surface area contributed by atoms with Gasteiger partial charge >= 0.3 is 8.25 Å². The molecule has 52 valence electrons. The second kappa shape index (κ2) is 3.16. The zero-order chi connectivity index (χ0) is 7.49. The highest BCUT2D eigenvalue weighted by Crippen LogP contribution is 2.20. The van der Waals surface area contributed by atoms with Crippen LogP contribution < -0.4 is 0 Å². The van der Waals surface area contributed by atoms with Crippen LogP contribution in [0.3, 0.4) is 0 Å². The van der Waals surface area contributed by atoms with E-state index in [2.05, 4.69) is 4.52 Å². The number of hydrogen-bond donors (Lipinski definition) is 2. The van der Waals surface area contributed by atoms with Crippen LogP contribution >= 0.6 is 8.25 Å². The average Bonchev–Trinajstić information content (AvgIpc) is 1.63. The van der Waals surface area contributed by atoms with Crippen molar-refractivity contribution >= 4 is 18.5 Å². The maximum atomic E-state index is 9.90. The maximum absolute atomic E-state index is 9.90. The largest absolute Gasteiger partial charge is 0.360 e. The highest BCUT2D eigenvalue weighted by molar-refractivity contribution is 7.32. The standard InChI is InChI=1S/C3H7O4PSi/c1-2-3(4,9)7-8(5)6/h1,4,8H,9H3,(H,5,6). The van der Waals surface area contributed by atoms with E-state index in [4.69, 9.17) is 16.4 Å². The Bertz CT molecular complexity index is 160. The highest BCUT2D eigenvalue weighted by atomic mass is 31.1. The first kappa shape index (κ1) is 8.89. The zero-order valence-electron chi connectivity index (χ0n) is 4.79. The Hall–Kier alpha value is -0.113. The van der Waals surface area contributed by atoms with Gasteiger partial charge in [0.15, 0.2) is 0 Å². The summed E-state index contributed by atoms with van der Waals surface area (Å²) in [5.74, 6) is 1.83. The van der Waals surface area contributed by atoms with Gasteiger partial charge < -0.3 is 10.00 Å². The molecule has 0 aromatic rings. The van der Waals surface area contributed by atoms with Gasteiger partial charge in [0, 0.05) is 0 Å². The van der Waals surface area contributed by atoms with E-state index in [1.54, 1.807) is 0 Å². The Morgan fingerprint density at radius 1 is 1.89 bits per heavy atom. The fourth-order valence-corrected chi connectivity index (χ4v) is 1.12. The molecule has 0 aliphatic carbocycles. The van der Waals surface area contributed by atoms with E-state index >= 15 is 0 Å². The molecule has 4 nitrogen and oxygen atoms in total. The van der Waals surface area contributed by atoms with Gasteiger partial charge in [0.1, 0.15) is 0 Å². The summed E-state index contributed by atoms with van der Waals surface area (Å²) in [5, 5.41) is 8.76. The van der Waals surface area contributed by atoms with E-state index in [-0.39, 0.29) is 10.2 Å². The van der Waals surface area contributed by atoms with E-state index in [1.165, 1.54) is 0 Å². The summed E-state index contributed by atoms with van der Waals surface area (Å²) in [6, 6.07) is 0. The van der Waals surface area contributed by atoms with Crippen LogP contribution in [-0.4, -0.2) is 25.7 Å². The van der Waals surface area contributed by atoms with Crippen LogP contribution in [0.1, 0.15) is 0 Å². The lowest BCUT2D eigenvalue weighted by Crippen LogP contribution is -2.27. The Morgan fingerprint density at radius 2 is 2.33 bits per heavy atom. The number of hydrogen-bond acceptors (Lipinski definition) is 3. The third-order valence-electron chi connectivity index (χ3n) is 0.554. The van der Waals surface area contributed by atoms with Crippen molar-refractivity contribution < 1.29 is 19.1 Å². The molecule has 0 spiro atoms. The second-order valence-electron chi connectivity index (χ2n) is 1.50. The van der Waals surface area contributed by atoms with E-state index in [9.17, 15) is 4.57 Å². The van der Waals surface area contributed by atoms with E-state index in [0.717, 1.165) is 0 Å². The zero-order valence-corrected chi connectivity index (χ0v) is 7.79. The van der Waals surface area contributed by atoms with Gasteiger partial charge in [0.25, 0.3) is 0 Å². The van der Waals surface area contributed by atoms with Gasteiger partial charge in [-0.2, -0.15) is 0 Å². The van der Waals surface area contributed by atoms with Gasteiger partial charge in [-0.25, -0.2) is 0 Å². The third-order valence-corrected chi connectivity index (χ3v) is 2.03. The van der Waals surface area contributed by atoms with Crippen molar-refractivity contribution in [1.82, 2.24) is 0 Å². The van der Waals surface area contributed by atoms with Crippen LogP contribution in [0.15, 0.2) is 0 Å². The number of rotatable bonds is 2. The molecule has 0 rings (SSSR count). The average molecular weight is 166 g/mol. The first-order chi connectivity index (χ1) is 3.98. The predicted octanol–water partition coefficient (Wildman–Crippen LogP) is -1.97. The molecule has 2 unspecified atom stereocenters. The van der Waals surface area contributed by atoms with Crippen LogP contribution in [0.5, 0.6) is 0 Å². The fraction of sp³-hybridized carbons (Fsp3) is 0.333. The van der Waals surface area contributed by atoms with E-state index in [0.29, 0.717) is 0 Å². The van der Waals surface area contributed by atoms with Gasteiger partial charge in [0.05, 0.1) is 10.2 Å². The Kier molecular flexibility index (Phi) is 3.12. The summed E-state index contributed by atoms with van der Waals surface area (Å²) in [4.78, 5) is 8.11. The minimum absolute atomic E-state index is 0.109. The fourth-order valence-electron chi connectivity index (χ4n) is 0.199. The first-order valence-corrected chi connectivity index (χ1v) is 4.36. The maximum Gasteiger partial charge on any atom is 0.319 e. The molecule has 9 heavy (non-hydrogen) atoms. The van der Waals surface area contributed by atoms with Crippen LogP contribution in [-0.2, 0) is 9.09 Å². The molecule has 0 aromatic carbocycles. The molecule has 0 aliphatic rings. The van der Waals surface area contributed by atoms with Crippen LogP contribution in [0.4, 0.5) is 0 Å². The highest BCUT2D eigenvalue weighted by Gasteiger charge is 2.18. The van der Waals surface area contributed by atoms with Crippen molar-refractivity contribution in [1.29, 1.82) is 0 Å². The SMILES string of the molecule is C#CC(O)([SiH3])O[PH](=O)O. The topological polar surface area (TPSA) is 66.8 Å². The van der Waals surface area contributed by atoms with Crippen molar-refractivity contribution in [2.45, 2.75) is 5.41 Å². The van der Waals surface area contributed by atoms with Crippen molar-refractivity contribution in [3.63, 3.8) is 0 Å². The molecule has 2 atom stereocenters. The number of terminal acetylenes is 1. The van der Waals surface area contributed by atoms with Crippen molar-refractivity contribution in [2.24, 2.45) is 0 Å². The molecule has 0 saturated carbocycles. The Labute approximate surface area is 56.2 Å². The molecule has 6 heteroatoms. The van der Waals surface area contributed by atoms with Gasteiger partial charge in [-0.3, -0.25) is 9.09 Å². The van der Waals surface area contributed by atoms with Gasteiger partial charge in [-0.05, 0) is 5.92 Å². The predicted molar refractivity (Wildman–Crippen MR) is 36.0 cm³/mol. The minimum atomic E-state index is -3.11. The number of aliphatic hydroxyl groups is 1. The molecular weight excluding hydrogens is 159 g/mol.